The summed E-state index contributed by atoms with van der Waals surface area (Å²) in [7, 11) is 0. The van der Waals surface area contributed by atoms with E-state index >= 15 is 0 Å². The summed E-state index contributed by atoms with van der Waals surface area (Å²) in [5.41, 5.74) is 4.00. The maximum Gasteiger partial charge on any atom is 0.168 e. The van der Waals surface area contributed by atoms with Crippen LogP contribution in [0.2, 0.25) is 10.0 Å². The Labute approximate surface area is 132 Å². The Hall–Kier alpha value is -1.84. The smallest absolute Gasteiger partial charge is 0.168 e. The number of aryl methyl sites for hydroxylation is 1. The highest BCUT2D eigenvalue weighted by molar-refractivity contribution is 6.36. The lowest BCUT2D eigenvalue weighted by Crippen LogP contribution is -1.96. The van der Waals surface area contributed by atoms with Gasteiger partial charge in [0, 0.05) is 12.6 Å². The van der Waals surface area contributed by atoms with Gasteiger partial charge in [-0.3, -0.25) is 9.20 Å². The first-order chi connectivity index (χ1) is 10.1. The van der Waals surface area contributed by atoms with Crippen molar-refractivity contribution in [2.24, 2.45) is 0 Å². The van der Waals surface area contributed by atoms with Crippen molar-refractivity contribution < 1.29 is 4.79 Å². The van der Waals surface area contributed by atoms with Crippen molar-refractivity contribution in [2.45, 2.75) is 13.3 Å². The zero-order valence-corrected chi connectivity index (χ0v) is 12.8. The maximum absolute atomic E-state index is 11.4. The fourth-order valence-electron chi connectivity index (χ4n) is 2.41. The summed E-state index contributed by atoms with van der Waals surface area (Å²) in [6.45, 7) is 2.03. The van der Waals surface area contributed by atoms with E-state index in [0.717, 1.165) is 11.8 Å². The average molecular weight is 319 g/mol. The predicted octanol–water partition coefficient (Wildman–Crippen LogP) is 4.35. The average Bonchev–Trinajstić information content (AvgIpc) is 2.76. The van der Waals surface area contributed by atoms with Gasteiger partial charge in [0.15, 0.2) is 11.9 Å². The molecule has 1 aromatic carbocycles. The molecule has 0 saturated carbocycles. The molecule has 0 aliphatic carbocycles. The number of halogens is 2. The molecule has 106 valence electrons. The van der Waals surface area contributed by atoms with Crippen LogP contribution in [-0.2, 0) is 6.42 Å². The second-order valence-corrected chi connectivity index (χ2v) is 5.77. The van der Waals surface area contributed by atoms with Crippen molar-refractivity contribution in [2.75, 3.05) is 0 Å². The number of aldehydes is 1. The molecule has 0 N–H and O–H groups in total. The molecule has 0 saturated heterocycles. The third kappa shape index (κ3) is 2.67. The molecule has 5 heteroatoms. The number of carbonyl (C=O) groups excluding carboxylic acids is 1. The van der Waals surface area contributed by atoms with Gasteiger partial charge >= 0.3 is 0 Å². The summed E-state index contributed by atoms with van der Waals surface area (Å²) < 4.78 is 1.64. The lowest BCUT2D eigenvalue weighted by molar-refractivity contribution is 0.111. The Morgan fingerprint density at radius 2 is 2.10 bits per heavy atom. The largest absolute Gasteiger partial charge is 0.296 e. The third-order valence-corrected chi connectivity index (χ3v) is 3.81. The molecule has 0 radical (unpaired) electrons. The molecule has 0 fully saturated rings. The molecular weight excluding hydrogens is 307 g/mol. The maximum atomic E-state index is 11.4. The lowest BCUT2D eigenvalue weighted by Gasteiger charge is -2.01. The highest BCUT2D eigenvalue weighted by Gasteiger charge is 2.15. The van der Waals surface area contributed by atoms with E-state index in [1.165, 1.54) is 5.56 Å². The van der Waals surface area contributed by atoms with Crippen LogP contribution in [0.3, 0.4) is 0 Å². The van der Waals surface area contributed by atoms with Gasteiger partial charge in [0.2, 0.25) is 0 Å². The molecule has 3 nitrogen and oxygen atoms in total. The van der Waals surface area contributed by atoms with E-state index in [2.05, 4.69) is 11.1 Å². The van der Waals surface area contributed by atoms with Gasteiger partial charge in [-0.25, -0.2) is 4.98 Å². The van der Waals surface area contributed by atoms with Crippen molar-refractivity contribution in [3.63, 3.8) is 0 Å². The molecule has 2 aromatic heterocycles. The van der Waals surface area contributed by atoms with Crippen molar-refractivity contribution in [1.29, 1.82) is 0 Å². The Morgan fingerprint density at radius 1 is 1.29 bits per heavy atom. The Kier molecular flexibility index (Phi) is 3.70. The molecule has 21 heavy (non-hydrogen) atoms. The predicted molar refractivity (Wildman–Crippen MR) is 84.6 cm³/mol. The van der Waals surface area contributed by atoms with Crippen LogP contribution in [0.1, 0.15) is 27.3 Å². The summed E-state index contributed by atoms with van der Waals surface area (Å²) in [6.07, 6.45) is 3.02. The number of rotatable bonds is 3. The number of carbonyl (C=O) groups is 1. The molecule has 0 bridgehead atoms. The summed E-state index contributed by atoms with van der Waals surface area (Å²) in [5.74, 6) is 0. The number of hydrogen-bond donors (Lipinski definition) is 0. The number of aromatic nitrogens is 2. The summed E-state index contributed by atoms with van der Waals surface area (Å²) in [4.78, 5) is 15.9. The topological polar surface area (TPSA) is 34.4 Å². The van der Waals surface area contributed by atoms with Crippen molar-refractivity contribution in [3.05, 3.63) is 69.1 Å². The minimum atomic E-state index is 0.432. The normalized spacial score (nSPS) is 11.0. The van der Waals surface area contributed by atoms with Crippen LogP contribution in [-0.4, -0.2) is 15.7 Å². The highest BCUT2D eigenvalue weighted by atomic mass is 35.5. The molecular formula is C16H12Cl2N2O. The Bertz CT molecular complexity index is 840. The highest BCUT2D eigenvalue weighted by Crippen LogP contribution is 2.25. The molecule has 0 atom stereocenters. The fourth-order valence-corrected chi connectivity index (χ4v) is 2.92. The van der Waals surface area contributed by atoms with Gasteiger partial charge in [-0.1, -0.05) is 53.0 Å². The quantitative estimate of drug-likeness (QED) is 0.673. The van der Waals surface area contributed by atoms with Crippen LogP contribution >= 0.6 is 23.2 Å². The standard InChI is InChI=1S/C16H12Cl2N2O/c1-10-3-2-4-11(5-10)6-14-15(9-21)20-8-12(17)7-13(18)16(20)19-14/h2-5,7-9H,6H2,1H3. The zero-order chi connectivity index (χ0) is 15.0. The monoisotopic (exact) mass is 318 g/mol. The van der Waals surface area contributed by atoms with E-state index in [0.29, 0.717) is 33.5 Å². The third-order valence-electron chi connectivity index (χ3n) is 3.32. The Balaban J connectivity index is 2.14. The fraction of sp³-hybridized carbons (Fsp3) is 0.125. The van der Waals surface area contributed by atoms with Gasteiger partial charge in [0.25, 0.3) is 0 Å². The molecule has 0 spiro atoms. The van der Waals surface area contributed by atoms with Crippen LogP contribution in [0.5, 0.6) is 0 Å². The number of pyridine rings is 1. The van der Waals surface area contributed by atoms with E-state index in [9.17, 15) is 4.79 Å². The molecule has 0 aliphatic heterocycles. The van der Waals surface area contributed by atoms with Gasteiger partial charge in [0.1, 0.15) is 5.69 Å². The first kappa shape index (κ1) is 14.1. The first-order valence-electron chi connectivity index (χ1n) is 6.45. The molecule has 2 heterocycles. The van der Waals surface area contributed by atoms with Gasteiger partial charge in [-0.2, -0.15) is 0 Å². The van der Waals surface area contributed by atoms with Gasteiger partial charge in [-0.05, 0) is 18.6 Å². The summed E-state index contributed by atoms with van der Waals surface area (Å²) >= 11 is 12.1. The SMILES string of the molecule is Cc1cccc(Cc2nc3c(Cl)cc(Cl)cn3c2C=O)c1. The van der Waals surface area contributed by atoms with Crippen LogP contribution in [0, 0.1) is 6.92 Å². The van der Waals surface area contributed by atoms with Crippen LogP contribution in [0.15, 0.2) is 36.5 Å². The summed E-state index contributed by atoms with van der Waals surface area (Å²) in [5, 5.41) is 0.899. The number of benzene rings is 1. The first-order valence-corrected chi connectivity index (χ1v) is 7.21. The molecule has 0 amide bonds. The van der Waals surface area contributed by atoms with E-state index in [1.807, 2.05) is 25.1 Å². The molecule has 0 unspecified atom stereocenters. The number of nitrogens with zero attached hydrogens (tertiary/aromatic N) is 2. The van der Waals surface area contributed by atoms with E-state index in [-0.39, 0.29) is 0 Å². The molecule has 3 rings (SSSR count). The molecule has 0 aliphatic rings. The lowest BCUT2D eigenvalue weighted by atomic mass is 10.1. The van der Waals surface area contributed by atoms with Crippen molar-refractivity contribution in [1.82, 2.24) is 9.38 Å². The van der Waals surface area contributed by atoms with E-state index in [1.54, 1.807) is 16.7 Å². The Morgan fingerprint density at radius 3 is 2.81 bits per heavy atom. The number of hydrogen-bond acceptors (Lipinski definition) is 2. The van der Waals surface area contributed by atoms with Crippen molar-refractivity contribution in [3.8, 4) is 0 Å². The second kappa shape index (κ2) is 5.51. The molecule has 3 aromatic rings. The van der Waals surface area contributed by atoms with Gasteiger partial charge < -0.3 is 0 Å². The van der Waals surface area contributed by atoms with Crippen molar-refractivity contribution >= 4 is 35.1 Å². The number of fused-ring (bicyclic) bond motifs is 1. The van der Waals surface area contributed by atoms with Crippen LogP contribution in [0.25, 0.3) is 5.65 Å². The van der Waals surface area contributed by atoms with E-state index in [4.69, 9.17) is 23.2 Å². The van der Waals surface area contributed by atoms with Gasteiger partial charge in [0.05, 0.1) is 15.7 Å². The minimum absolute atomic E-state index is 0.432. The van der Waals surface area contributed by atoms with E-state index < -0.39 is 0 Å². The zero-order valence-electron chi connectivity index (χ0n) is 11.3. The van der Waals surface area contributed by atoms with Crippen LogP contribution < -0.4 is 0 Å². The second-order valence-electron chi connectivity index (χ2n) is 4.93. The number of imidazole rings is 1. The van der Waals surface area contributed by atoms with Gasteiger partial charge in [-0.15, -0.1) is 0 Å². The summed E-state index contributed by atoms with van der Waals surface area (Å²) in [6, 6.07) is 9.74. The van der Waals surface area contributed by atoms with Crippen LogP contribution in [0.4, 0.5) is 0 Å². The minimum Gasteiger partial charge on any atom is -0.296 e.